The maximum atomic E-state index is 12.3. The molecule has 0 bridgehead atoms. The number of aryl methyl sites for hydroxylation is 1. The molecule has 1 saturated carbocycles. The van der Waals surface area contributed by atoms with Crippen molar-refractivity contribution in [2.45, 2.75) is 38.1 Å². The zero-order valence-corrected chi connectivity index (χ0v) is 11.3. The van der Waals surface area contributed by atoms with Crippen LogP contribution in [0.2, 0.25) is 0 Å². The van der Waals surface area contributed by atoms with Crippen molar-refractivity contribution in [1.29, 1.82) is 5.26 Å². The summed E-state index contributed by atoms with van der Waals surface area (Å²) in [6.07, 6.45) is 2.16. The Labute approximate surface area is 113 Å². The Morgan fingerprint density at radius 3 is 2.89 bits per heavy atom. The Kier molecular flexibility index (Phi) is 2.63. The number of hydrogen-bond donors (Lipinski definition) is 1. The number of nitrogens with one attached hydrogen (secondary N) is 1. The smallest absolute Gasteiger partial charge is 0.225 e. The van der Waals surface area contributed by atoms with Gasteiger partial charge >= 0.3 is 0 Å². The van der Waals surface area contributed by atoms with E-state index in [0.29, 0.717) is 11.8 Å². The third kappa shape index (κ3) is 2.02. The van der Waals surface area contributed by atoms with E-state index < -0.39 is 5.54 Å². The number of amides is 1. The largest absolute Gasteiger partial charge is 0.338 e. The molecule has 3 rings (SSSR count). The van der Waals surface area contributed by atoms with Gasteiger partial charge in [-0.2, -0.15) is 5.26 Å². The topological polar surface area (TPSA) is 52.9 Å². The van der Waals surface area contributed by atoms with E-state index in [-0.39, 0.29) is 11.8 Å². The van der Waals surface area contributed by atoms with Crippen molar-refractivity contribution >= 4 is 5.91 Å². The highest BCUT2D eigenvalue weighted by Gasteiger charge is 2.57. The molecule has 1 aromatic carbocycles. The third-order valence-electron chi connectivity index (χ3n) is 4.35. The fraction of sp³-hybridized carbons (Fsp3) is 0.500. The quantitative estimate of drug-likeness (QED) is 0.881. The summed E-state index contributed by atoms with van der Waals surface area (Å²) >= 11 is 0. The molecule has 3 nitrogen and oxygen atoms in total. The molecule has 1 fully saturated rings. The van der Waals surface area contributed by atoms with Crippen LogP contribution in [0.5, 0.6) is 0 Å². The second kappa shape index (κ2) is 4.09. The molecule has 3 atom stereocenters. The predicted octanol–water partition coefficient (Wildman–Crippen LogP) is 2.38. The number of hydrogen-bond acceptors (Lipinski definition) is 2. The lowest BCUT2D eigenvalue weighted by Gasteiger charge is -2.17. The fourth-order valence-corrected chi connectivity index (χ4v) is 3.34. The first-order valence-corrected chi connectivity index (χ1v) is 6.84. The maximum Gasteiger partial charge on any atom is 0.225 e. The van der Waals surface area contributed by atoms with Gasteiger partial charge in [0.1, 0.15) is 5.54 Å². The molecular formula is C16H18N2O. The van der Waals surface area contributed by atoms with Gasteiger partial charge in [0.25, 0.3) is 0 Å². The number of fused-ring (bicyclic) bond motifs is 3. The second-order valence-electron chi connectivity index (χ2n) is 6.18. The zero-order chi connectivity index (χ0) is 13.6. The molecule has 3 heteroatoms. The lowest BCUT2D eigenvalue weighted by Crippen LogP contribution is -2.43. The van der Waals surface area contributed by atoms with E-state index >= 15 is 0 Å². The van der Waals surface area contributed by atoms with Gasteiger partial charge in [0.2, 0.25) is 5.91 Å². The van der Waals surface area contributed by atoms with Crippen molar-refractivity contribution in [3.05, 3.63) is 35.4 Å². The molecule has 1 N–H and O–H groups in total. The summed E-state index contributed by atoms with van der Waals surface area (Å²) in [5, 5.41) is 11.9. The summed E-state index contributed by atoms with van der Waals surface area (Å²) in [6, 6.07) is 10.6. The van der Waals surface area contributed by atoms with Crippen molar-refractivity contribution < 1.29 is 4.79 Å². The number of nitriles is 1. The van der Waals surface area contributed by atoms with Gasteiger partial charge in [-0.1, -0.05) is 24.3 Å². The molecular weight excluding hydrogens is 236 g/mol. The highest BCUT2D eigenvalue weighted by Crippen LogP contribution is 2.59. The molecule has 0 spiro atoms. The zero-order valence-electron chi connectivity index (χ0n) is 11.3. The highest BCUT2D eigenvalue weighted by molar-refractivity contribution is 5.85. The maximum absolute atomic E-state index is 12.3. The van der Waals surface area contributed by atoms with E-state index in [1.807, 2.05) is 6.07 Å². The van der Waals surface area contributed by atoms with E-state index in [1.54, 1.807) is 13.8 Å². The average molecular weight is 254 g/mol. The minimum absolute atomic E-state index is 0.0400. The van der Waals surface area contributed by atoms with Gasteiger partial charge in [-0.25, -0.2) is 0 Å². The van der Waals surface area contributed by atoms with E-state index in [4.69, 9.17) is 5.26 Å². The van der Waals surface area contributed by atoms with Crippen LogP contribution < -0.4 is 5.32 Å². The number of nitrogens with zero attached hydrogens (tertiary/aromatic N) is 1. The minimum atomic E-state index is -0.775. The van der Waals surface area contributed by atoms with Crippen molar-refractivity contribution in [1.82, 2.24) is 5.32 Å². The van der Waals surface area contributed by atoms with Crippen LogP contribution >= 0.6 is 0 Å². The standard InChI is InChI=1S/C16H18N2O/c1-16(2,9-17)18-15(19)14-12-8-7-10-5-3-4-6-11(10)13(12)14/h3-6,12-14H,7-8H2,1-2H3,(H,18,19). The van der Waals surface area contributed by atoms with Crippen molar-refractivity contribution in [2.75, 3.05) is 0 Å². The van der Waals surface area contributed by atoms with Crippen LogP contribution in [0.15, 0.2) is 24.3 Å². The lowest BCUT2D eigenvalue weighted by molar-refractivity contribution is -0.123. The fourth-order valence-electron chi connectivity index (χ4n) is 3.34. The van der Waals surface area contributed by atoms with Crippen LogP contribution in [0.4, 0.5) is 0 Å². The molecule has 0 heterocycles. The summed E-state index contributed by atoms with van der Waals surface area (Å²) in [5.74, 6) is 0.957. The van der Waals surface area contributed by atoms with Gasteiger partial charge in [0.05, 0.1) is 6.07 Å². The minimum Gasteiger partial charge on any atom is -0.338 e. The highest BCUT2D eigenvalue weighted by atomic mass is 16.2. The molecule has 2 aliphatic carbocycles. The number of benzene rings is 1. The van der Waals surface area contributed by atoms with Gasteiger partial charge in [-0.05, 0) is 49.7 Å². The SMILES string of the molecule is CC(C)(C#N)NC(=O)C1C2CCc3ccccc3C21. The third-order valence-corrected chi connectivity index (χ3v) is 4.35. The van der Waals surface area contributed by atoms with E-state index in [9.17, 15) is 4.79 Å². The molecule has 2 aliphatic rings. The van der Waals surface area contributed by atoms with Gasteiger partial charge in [0, 0.05) is 5.92 Å². The van der Waals surface area contributed by atoms with Crippen molar-refractivity contribution in [2.24, 2.45) is 11.8 Å². The van der Waals surface area contributed by atoms with Crippen molar-refractivity contribution in [3.63, 3.8) is 0 Å². The van der Waals surface area contributed by atoms with E-state index in [2.05, 4.69) is 29.6 Å². The summed E-state index contributed by atoms with van der Waals surface area (Å²) in [7, 11) is 0. The van der Waals surface area contributed by atoms with Crippen LogP contribution in [0, 0.1) is 23.2 Å². The number of carbonyl (C=O) groups excluding carboxylic acids is 1. The summed E-state index contributed by atoms with van der Waals surface area (Å²) in [5.41, 5.74) is 1.95. The Hall–Kier alpha value is -1.82. The first-order chi connectivity index (χ1) is 9.03. The summed E-state index contributed by atoms with van der Waals surface area (Å²) in [4.78, 5) is 12.3. The molecule has 0 aromatic heterocycles. The van der Waals surface area contributed by atoms with Gasteiger partial charge < -0.3 is 5.32 Å². The number of carbonyl (C=O) groups is 1. The lowest BCUT2D eigenvalue weighted by atomic mass is 9.92. The Morgan fingerprint density at radius 2 is 2.16 bits per heavy atom. The number of rotatable bonds is 2. The monoisotopic (exact) mass is 254 g/mol. The molecule has 0 aliphatic heterocycles. The molecule has 0 saturated heterocycles. The van der Waals surface area contributed by atoms with E-state index in [1.165, 1.54) is 11.1 Å². The van der Waals surface area contributed by atoms with Crippen LogP contribution in [0.25, 0.3) is 0 Å². The van der Waals surface area contributed by atoms with Crippen LogP contribution in [-0.2, 0) is 11.2 Å². The normalized spacial score (nSPS) is 27.7. The molecule has 3 unspecified atom stereocenters. The Balaban J connectivity index is 1.78. The molecule has 1 amide bonds. The van der Waals surface area contributed by atoms with Crippen molar-refractivity contribution in [3.8, 4) is 6.07 Å². The summed E-state index contributed by atoms with van der Waals surface area (Å²) < 4.78 is 0. The van der Waals surface area contributed by atoms with Gasteiger partial charge in [0.15, 0.2) is 0 Å². The first-order valence-electron chi connectivity index (χ1n) is 6.84. The van der Waals surface area contributed by atoms with Gasteiger partial charge in [-0.15, -0.1) is 0 Å². The molecule has 0 radical (unpaired) electrons. The van der Waals surface area contributed by atoms with Crippen LogP contribution in [0.3, 0.4) is 0 Å². The summed E-state index contributed by atoms with van der Waals surface area (Å²) in [6.45, 7) is 3.48. The van der Waals surface area contributed by atoms with Gasteiger partial charge in [-0.3, -0.25) is 4.79 Å². The second-order valence-corrected chi connectivity index (χ2v) is 6.18. The molecule has 1 aromatic rings. The van der Waals surface area contributed by atoms with Crippen LogP contribution in [0.1, 0.15) is 37.3 Å². The predicted molar refractivity (Wildman–Crippen MR) is 72.3 cm³/mol. The Morgan fingerprint density at radius 1 is 1.42 bits per heavy atom. The van der Waals surface area contributed by atoms with E-state index in [0.717, 1.165) is 12.8 Å². The average Bonchev–Trinajstić information content (AvgIpc) is 3.13. The first kappa shape index (κ1) is 12.2. The van der Waals surface area contributed by atoms with Crippen LogP contribution in [-0.4, -0.2) is 11.4 Å². The molecule has 98 valence electrons. The molecule has 19 heavy (non-hydrogen) atoms. The Bertz CT molecular complexity index is 570.